The Balaban J connectivity index is 1.38. The summed E-state index contributed by atoms with van der Waals surface area (Å²) in [4.78, 5) is 40.9. The molecule has 2 saturated heterocycles. The largest absolute Gasteiger partial charge is 0.450 e. The van der Waals surface area contributed by atoms with Crippen LogP contribution in [0.2, 0.25) is 5.02 Å². The number of hydrogen-bond donors (Lipinski definition) is 0. The highest BCUT2D eigenvalue weighted by Gasteiger charge is 2.45. The van der Waals surface area contributed by atoms with Gasteiger partial charge in [0.2, 0.25) is 0 Å². The highest BCUT2D eigenvalue weighted by atomic mass is 35.5. The van der Waals surface area contributed by atoms with Crippen molar-refractivity contribution in [3.8, 4) is 0 Å². The number of benzene rings is 2. The molecule has 3 aromatic rings. The molecule has 2 fully saturated rings. The minimum absolute atomic E-state index is 0.00742. The molecule has 2 aliphatic rings. The maximum atomic E-state index is 13.5. The van der Waals surface area contributed by atoms with Gasteiger partial charge in [-0.1, -0.05) is 23.7 Å². The highest BCUT2D eigenvalue weighted by molar-refractivity contribution is 8.18. The smallest absolute Gasteiger partial charge is 0.416 e. The molecule has 39 heavy (non-hydrogen) atoms. The van der Waals surface area contributed by atoms with Crippen LogP contribution in [0.3, 0.4) is 0 Å². The molecule has 3 heterocycles. The number of aromatic nitrogens is 2. The van der Waals surface area contributed by atoms with E-state index in [4.69, 9.17) is 16.3 Å². The molecule has 2 aromatic carbocycles. The van der Waals surface area contributed by atoms with Crippen molar-refractivity contribution in [3.63, 3.8) is 0 Å². The number of imide groups is 1. The van der Waals surface area contributed by atoms with Gasteiger partial charge < -0.3 is 4.74 Å². The first kappa shape index (κ1) is 27.1. The van der Waals surface area contributed by atoms with Gasteiger partial charge in [-0.2, -0.15) is 18.3 Å². The van der Waals surface area contributed by atoms with E-state index in [2.05, 4.69) is 5.10 Å². The van der Waals surface area contributed by atoms with E-state index in [1.54, 1.807) is 31.2 Å². The van der Waals surface area contributed by atoms with Crippen molar-refractivity contribution in [2.75, 3.05) is 13.2 Å². The molecule has 5 rings (SSSR count). The Morgan fingerprint density at radius 3 is 2.77 bits per heavy atom. The van der Waals surface area contributed by atoms with Crippen molar-refractivity contribution in [3.05, 3.63) is 69.2 Å². The van der Waals surface area contributed by atoms with E-state index in [0.29, 0.717) is 35.9 Å². The van der Waals surface area contributed by atoms with Crippen molar-refractivity contribution in [1.29, 1.82) is 0 Å². The van der Waals surface area contributed by atoms with E-state index in [1.807, 2.05) is 0 Å². The molecule has 0 bridgehead atoms. The molecule has 0 spiro atoms. The number of alkyl halides is 3. The molecule has 0 saturated carbocycles. The first-order valence-electron chi connectivity index (χ1n) is 12.1. The van der Waals surface area contributed by atoms with Gasteiger partial charge in [0.05, 0.1) is 35.3 Å². The van der Waals surface area contributed by atoms with Gasteiger partial charge in [-0.15, -0.1) is 0 Å². The van der Waals surface area contributed by atoms with Crippen molar-refractivity contribution in [1.82, 2.24) is 19.6 Å². The standard InChI is InChI=1S/C26H22ClF3N4O4S/c1-2-38-24(36)32-9-3-4-22(32)34-23(35)21(39-25(34)37)11-15-5-8-20-17(10-15)13-31-33(20)14-16-6-7-18(27)12-19(16)26(28,29)30/h5-8,10-13,22H,2-4,9,14H2,1H3/t22-/m1/s1. The first-order valence-corrected chi connectivity index (χ1v) is 13.3. The molecular formula is C26H22ClF3N4O4S. The van der Waals surface area contributed by atoms with E-state index in [9.17, 15) is 27.6 Å². The van der Waals surface area contributed by atoms with Crippen molar-refractivity contribution in [2.24, 2.45) is 0 Å². The Morgan fingerprint density at radius 1 is 1.23 bits per heavy atom. The van der Waals surface area contributed by atoms with Crippen molar-refractivity contribution < 1.29 is 32.3 Å². The zero-order valence-electron chi connectivity index (χ0n) is 20.6. The minimum atomic E-state index is -4.56. The Bertz CT molecular complexity index is 1510. The summed E-state index contributed by atoms with van der Waals surface area (Å²) in [7, 11) is 0. The van der Waals surface area contributed by atoms with Crippen molar-refractivity contribution in [2.45, 2.75) is 38.7 Å². The summed E-state index contributed by atoms with van der Waals surface area (Å²) >= 11 is 6.57. The minimum Gasteiger partial charge on any atom is -0.450 e. The van der Waals surface area contributed by atoms with Crippen LogP contribution in [-0.4, -0.2) is 56.1 Å². The third-order valence-electron chi connectivity index (χ3n) is 6.51. The topological polar surface area (TPSA) is 84.7 Å². The van der Waals surface area contributed by atoms with Crippen LogP contribution < -0.4 is 0 Å². The average Bonchev–Trinajstić information content (AvgIpc) is 3.58. The van der Waals surface area contributed by atoms with Gasteiger partial charge in [-0.05, 0) is 73.0 Å². The number of nitrogens with zero attached hydrogens (tertiary/aromatic N) is 4. The lowest BCUT2D eigenvalue weighted by Gasteiger charge is -2.29. The highest BCUT2D eigenvalue weighted by Crippen LogP contribution is 2.38. The van der Waals surface area contributed by atoms with Gasteiger partial charge in [0.15, 0.2) is 0 Å². The monoisotopic (exact) mass is 578 g/mol. The molecule has 8 nitrogen and oxygen atoms in total. The second kappa shape index (κ2) is 10.6. The van der Waals surface area contributed by atoms with E-state index in [-0.39, 0.29) is 28.6 Å². The van der Waals surface area contributed by atoms with E-state index < -0.39 is 35.1 Å². The van der Waals surface area contributed by atoms with Gasteiger partial charge in [-0.3, -0.25) is 19.2 Å². The fourth-order valence-corrected chi connectivity index (χ4v) is 5.80. The molecular weight excluding hydrogens is 557 g/mol. The molecule has 13 heteroatoms. The van der Waals surface area contributed by atoms with Gasteiger partial charge in [-0.25, -0.2) is 9.69 Å². The van der Waals surface area contributed by atoms with Crippen LogP contribution in [0, 0.1) is 0 Å². The predicted molar refractivity (Wildman–Crippen MR) is 140 cm³/mol. The van der Waals surface area contributed by atoms with Crippen molar-refractivity contribution >= 4 is 57.6 Å². The molecule has 1 atom stereocenters. The molecule has 3 amide bonds. The normalized spacial score (nSPS) is 19.1. The van der Waals surface area contributed by atoms with Crippen LogP contribution in [0.4, 0.5) is 22.8 Å². The summed E-state index contributed by atoms with van der Waals surface area (Å²) in [6.07, 6.45) is -1.61. The molecule has 0 radical (unpaired) electrons. The quantitative estimate of drug-likeness (QED) is 0.327. The van der Waals surface area contributed by atoms with Crippen LogP contribution in [0.15, 0.2) is 47.5 Å². The Labute approximate surface area is 230 Å². The van der Waals surface area contributed by atoms with Gasteiger partial charge >= 0.3 is 12.3 Å². The number of likely N-dealkylation sites (tertiary alicyclic amines) is 1. The number of carbonyl (C=O) groups excluding carboxylic acids is 3. The summed E-state index contributed by atoms with van der Waals surface area (Å²) in [5.41, 5.74) is 0.413. The lowest BCUT2D eigenvalue weighted by atomic mass is 10.1. The van der Waals surface area contributed by atoms with Crippen LogP contribution >= 0.6 is 23.4 Å². The fraction of sp³-hybridized carbons (Fsp3) is 0.308. The maximum absolute atomic E-state index is 13.5. The third-order valence-corrected chi connectivity index (χ3v) is 7.62. The third kappa shape index (κ3) is 5.35. The lowest BCUT2D eigenvalue weighted by Crippen LogP contribution is -2.49. The van der Waals surface area contributed by atoms with E-state index in [0.717, 1.165) is 22.7 Å². The summed E-state index contributed by atoms with van der Waals surface area (Å²) < 4.78 is 47.1. The molecule has 0 N–H and O–H groups in total. The molecule has 2 aliphatic heterocycles. The molecule has 204 valence electrons. The van der Waals surface area contributed by atoms with Crippen LogP contribution in [0.25, 0.3) is 17.0 Å². The second-order valence-corrected chi connectivity index (χ2v) is 10.4. The average molecular weight is 579 g/mol. The lowest BCUT2D eigenvalue weighted by molar-refractivity contribution is -0.138. The van der Waals surface area contributed by atoms with E-state index >= 15 is 0 Å². The maximum Gasteiger partial charge on any atom is 0.416 e. The Kier molecular flexibility index (Phi) is 7.34. The number of thioether (sulfide) groups is 1. The number of carbonyl (C=O) groups is 3. The van der Waals surface area contributed by atoms with Crippen LogP contribution in [0.1, 0.15) is 36.5 Å². The Hall–Kier alpha value is -3.51. The number of fused-ring (bicyclic) bond motifs is 1. The summed E-state index contributed by atoms with van der Waals surface area (Å²) in [5.74, 6) is -0.496. The summed E-state index contributed by atoms with van der Waals surface area (Å²) in [6.45, 7) is 2.15. The van der Waals surface area contributed by atoms with E-state index in [1.165, 1.54) is 27.9 Å². The fourth-order valence-electron chi connectivity index (χ4n) is 4.76. The van der Waals surface area contributed by atoms with Gasteiger partial charge in [0.1, 0.15) is 6.17 Å². The predicted octanol–water partition coefficient (Wildman–Crippen LogP) is 6.37. The number of hydrogen-bond acceptors (Lipinski definition) is 6. The van der Waals surface area contributed by atoms with Gasteiger partial charge in [0, 0.05) is 17.0 Å². The number of halogens is 4. The molecule has 0 unspecified atom stereocenters. The van der Waals surface area contributed by atoms with Crippen LogP contribution in [-0.2, 0) is 22.3 Å². The number of rotatable bonds is 5. The molecule has 1 aromatic heterocycles. The SMILES string of the molecule is CCOC(=O)N1CCC[C@H]1N1C(=O)SC(=Cc2ccc3c(cnn3Cc3ccc(Cl)cc3C(F)(F)F)c2)C1=O. The number of amides is 3. The number of ether oxygens (including phenoxy) is 1. The van der Waals surface area contributed by atoms with Crippen LogP contribution in [0.5, 0.6) is 0 Å². The second-order valence-electron chi connectivity index (χ2n) is 8.99. The first-order chi connectivity index (χ1) is 18.6. The zero-order chi connectivity index (χ0) is 27.9. The zero-order valence-corrected chi connectivity index (χ0v) is 22.1. The Morgan fingerprint density at radius 2 is 2.03 bits per heavy atom. The molecule has 0 aliphatic carbocycles. The summed E-state index contributed by atoms with van der Waals surface area (Å²) in [6, 6.07) is 8.75. The summed E-state index contributed by atoms with van der Waals surface area (Å²) in [5, 5.41) is 4.42. The van der Waals surface area contributed by atoms with Gasteiger partial charge in [0.25, 0.3) is 11.1 Å².